The molecule has 1 aliphatic heterocycles. The Balaban J connectivity index is 1.30. The van der Waals surface area contributed by atoms with Crippen LogP contribution in [0.1, 0.15) is 52.0 Å². The molecule has 2 fully saturated rings. The van der Waals surface area contributed by atoms with Crippen molar-refractivity contribution >= 4 is 29.1 Å². The molecule has 9 nitrogen and oxygen atoms in total. The van der Waals surface area contributed by atoms with Gasteiger partial charge in [0, 0.05) is 56.2 Å². The lowest BCUT2D eigenvalue weighted by molar-refractivity contribution is -0.130. The van der Waals surface area contributed by atoms with Crippen molar-refractivity contribution in [2.75, 3.05) is 36.4 Å². The number of nitrogens with two attached hydrogens (primary N) is 1. The first-order valence-corrected chi connectivity index (χ1v) is 13.9. The first-order chi connectivity index (χ1) is 19.5. The molecule has 208 valence electrons. The standard InChI is InChI=1S/C31H36N6O3/c32-25-9-11-26(12-10-25)34-30(39)23-8-13-28(27(20-23)35-31(40)24-7-4-14-33-21-24)36-15-17-37(18-16-36)29(38)19-22-5-2-1-3-6-22/h1-8,13-14,20-21,25-26H,9-12,15-19,32H2,(H,34,39)(H,35,40). The molecule has 4 N–H and O–H groups in total. The second kappa shape index (κ2) is 12.7. The lowest BCUT2D eigenvalue weighted by Crippen LogP contribution is -2.49. The molecule has 1 saturated heterocycles. The summed E-state index contributed by atoms with van der Waals surface area (Å²) in [6, 6.07) is 18.9. The van der Waals surface area contributed by atoms with E-state index in [0.29, 0.717) is 49.4 Å². The minimum absolute atomic E-state index is 0.0990. The maximum atomic E-state index is 13.1. The Kier molecular flexibility index (Phi) is 8.71. The summed E-state index contributed by atoms with van der Waals surface area (Å²) in [6.45, 7) is 2.38. The number of benzene rings is 2. The molecular formula is C31H36N6O3. The van der Waals surface area contributed by atoms with Crippen molar-refractivity contribution in [3.8, 4) is 0 Å². The number of nitrogens with zero attached hydrogens (tertiary/aromatic N) is 3. The molecule has 2 aliphatic rings. The van der Waals surface area contributed by atoms with E-state index in [1.165, 1.54) is 6.20 Å². The Morgan fingerprint density at radius 1 is 0.850 bits per heavy atom. The number of aromatic nitrogens is 1. The number of carbonyl (C=O) groups excluding carboxylic acids is 3. The number of hydrogen-bond donors (Lipinski definition) is 3. The Hall–Kier alpha value is -4.24. The third kappa shape index (κ3) is 6.84. The molecule has 1 aromatic heterocycles. The Labute approximate surface area is 234 Å². The minimum atomic E-state index is -0.301. The highest BCUT2D eigenvalue weighted by atomic mass is 16.2. The van der Waals surface area contributed by atoms with Gasteiger partial charge in [0.1, 0.15) is 0 Å². The molecule has 9 heteroatoms. The Morgan fingerprint density at radius 3 is 2.30 bits per heavy atom. The van der Waals surface area contributed by atoms with Gasteiger partial charge in [-0.15, -0.1) is 0 Å². The van der Waals surface area contributed by atoms with Gasteiger partial charge in [0.15, 0.2) is 0 Å². The van der Waals surface area contributed by atoms with E-state index in [9.17, 15) is 14.4 Å². The fraction of sp³-hybridized carbons (Fsp3) is 0.355. The van der Waals surface area contributed by atoms with Gasteiger partial charge in [0.2, 0.25) is 5.91 Å². The van der Waals surface area contributed by atoms with Crippen molar-refractivity contribution in [3.05, 3.63) is 89.7 Å². The second-order valence-corrected chi connectivity index (χ2v) is 10.5. The number of amides is 3. The number of pyridine rings is 1. The SMILES string of the molecule is NC1CCC(NC(=O)c2ccc(N3CCN(C(=O)Cc4ccccc4)CC3)c(NC(=O)c3cccnc3)c2)CC1. The summed E-state index contributed by atoms with van der Waals surface area (Å²) in [5, 5.41) is 6.13. The fourth-order valence-electron chi connectivity index (χ4n) is 5.36. The van der Waals surface area contributed by atoms with E-state index in [1.807, 2.05) is 41.3 Å². The topological polar surface area (TPSA) is 121 Å². The summed E-state index contributed by atoms with van der Waals surface area (Å²) in [7, 11) is 0. The van der Waals surface area contributed by atoms with Gasteiger partial charge in [-0.05, 0) is 61.6 Å². The summed E-state index contributed by atoms with van der Waals surface area (Å²) in [5.74, 6) is -0.364. The van der Waals surface area contributed by atoms with Crippen LogP contribution in [0, 0.1) is 0 Å². The molecule has 3 amide bonds. The normalized spacial score (nSPS) is 19.1. The van der Waals surface area contributed by atoms with Gasteiger partial charge in [-0.3, -0.25) is 19.4 Å². The second-order valence-electron chi connectivity index (χ2n) is 10.5. The highest BCUT2D eigenvalue weighted by molar-refractivity contribution is 6.07. The largest absolute Gasteiger partial charge is 0.366 e. The number of hydrogen-bond acceptors (Lipinski definition) is 6. The predicted molar refractivity (Wildman–Crippen MR) is 155 cm³/mol. The predicted octanol–water partition coefficient (Wildman–Crippen LogP) is 3.22. The monoisotopic (exact) mass is 540 g/mol. The maximum Gasteiger partial charge on any atom is 0.257 e. The number of carbonyl (C=O) groups is 3. The van der Waals surface area contributed by atoms with Crippen LogP contribution in [0.2, 0.25) is 0 Å². The van der Waals surface area contributed by atoms with Crippen LogP contribution in [-0.2, 0) is 11.2 Å². The highest BCUT2D eigenvalue weighted by Gasteiger charge is 2.25. The molecule has 0 unspecified atom stereocenters. The van der Waals surface area contributed by atoms with Crippen LogP contribution >= 0.6 is 0 Å². The zero-order valence-electron chi connectivity index (χ0n) is 22.6. The Bertz CT molecular complexity index is 1320. The molecule has 0 spiro atoms. The molecule has 3 aromatic rings. The van der Waals surface area contributed by atoms with Crippen LogP contribution in [0.25, 0.3) is 0 Å². The van der Waals surface area contributed by atoms with E-state index in [4.69, 9.17) is 5.73 Å². The van der Waals surface area contributed by atoms with Crippen molar-refractivity contribution in [1.29, 1.82) is 0 Å². The Morgan fingerprint density at radius 2 is 1.60 bits per heavy atom. The van der Waals surface area contributed by atoms with Gasteiger partial charge in [0.25, 0.3) is 11.8 Å². The summed E-state index contributed by atoms with van der Waals surface area (Å²) < 4.78 is 0. The average Bonchev–Trinajstić information content (AvgIpc) is 2.99. The molecule has 2 aromatic carbocycles. The van der Waals surface area contributed by atoms with Crippen LogP contribution < -0.4 is 21.3 Å². The number of rotatable bonds is 7. The van der Waals surface area contributed by atoms with Gasteiger partial charge < -0.3 is 26.2 Å². The molecule has 0 bridgehead atoms. The fourth-order valence-corrected chi connectivity index (χ4v) is 5.36. The zero-order chi connectivity index (χ0) is 27.9. The van der Waals surface area contributed by atoms with E-state index in [2.05, 4.69) is 20.5 Å². The molecule has 0 radical (unpaired) electrons. The van der Waals surface area contributed by atoms with E-state index >= 15 is 0 Å². The van der Waals surface area contributed by atoms with Crippen molar-refractivity contribution < 1.29 is 14.4 Å². The zero-order valence-corrected chi connectivity index (χ0v) is 22.6. The van der Waals surface area contributed by atoms with Gasteiger partial charge >= 0.3 is 0 Å². The molecule has 40 heavy (non-hydrogen) atoms. The molecule has 1 aliphatic carbocycles. The van der Waals surface area contributed by atoms with Crippen LogP contribution in [0.15, 0.2) is 73.1 Å². The number of nitrogens with one attached hydrogen (secondary N) is 2. The van der Waals surface area contributed by atoms with Gasteiger partial charge in [-0.25, -0.2) is 0 Å². The van der Waals surface area contributed by atoms with Crippen LogP contribution in [0.5, 0.6) is 0 Å². The van der Waals surface area contributed by atoms with E-state index in [1.54, 1.807) is 30.5 Å². The molecule has 5 rings (SSSR count). The molecule has 0 atom stereocenters. The molecule has 2 heterocycles. The van der Waals surface area contributed by atoms with Gasteiger partial charge in [-0.1, -0.05) is 30.3 Å². The van der Waals surface area contributed by atoms with Gasteiger partial charge in [-0.2, -0.15) is 0 Å². The summed E-state index contributed by atoms with van der Waals surface area (Å²) >= 11 is 0. The lowest BCUT2D eigenvalue weighted by atomic mass is 9.91. The van der Waals surface area contributed by atoms with E-state index < -0.39 is 0 Å². The quantitative estimate of drug-likeness (QED) is 0.423. The van der Waals surface area contributed by atoms with Crippen molar-refractivity contribution in [2.24, 2.45) is 5.73 Å². The molecular weight excluding hydrogens is 504 g/mol. The maximum absolute atomic E-state index is 13.1. The van der Waals surface area contributed by atoms with Crippen LogP contribution in [0.4, 0.5) is 11.4 Å². The van der Waals surface area contributed by atoms with Gasteiger partial charge in [0.05, 0.1) is 23.4 Å². The van der Waals surface area contributed by atoms with Crippen molar-refractivity contribution in [2.45, 2.75) is 44.2 Å². The van der Waals surface area contributed by atoms with Crippen LogP contribution in [0.3, 0.4) is 0 Å². The van der Waals surface area contributed by atoms with Crippen molar-refractivity contribution in [3.63, 3.8) is 0 Å². The highest BCUT2D eigenvalue weighted by Crippen LogP contribution is 2.29. The van der Waals surface area contributed by atoms with Crippen LogP contribution in [-0.4, -0.2) is 65.9 Å². The van der Waals surface area contributed by atoms with E-state index in [-0.39, 0.29) is 29.8 Å². The third-order valence-corrected chi connectivity index (χ3v) is 7.71. The first-order valence-electron chi connectivity index (χ1n) is 13.9. The number of anilines is 2. The summed E-state index contributed by atoms with van der Waals surface area (Å²) in [6.07, 6.45) is 7.03. The number of piperazine rings is 1. The summed E-state index contributed by atoms with van der Waals surface area (Å²) in [5.41, 5.74) is 9.29. The smallest absolute Gasteiger partial charge is 0.257 e. The van der Waals surface area contributed by atoms with Crippen molar-refractivity contribution in [1.82, 2.24) is 15.2 Å². The third-order valence-electron chi connectivity index (χ3n) is 7.71. The summed E-state index contributed by atoms with van der Waals surface area (Å²) in [4.78, 5) is 47.1. The minimum Gasteiger partial charge on any atom is -0.366 e. The first kappa shape index (κ1) is 27.3. The molecule has 1 saturated carbocycles. The average molecular weight is 541 g/mol. The lowest BCUT2D eigenvalue weighted by Gasteiger charge is -2.37. The van der Waals surface area contributed by atoms with E-state index in [0.717, 1.165) is 36.9 Å².